The van der Waals surface area contributed by atoms with E-state index in [2.05, 4.69) is 11.7 Å². The third-order valence-corrected chi connectivity index (χ3v) is 3.62. The van der Waals surface area contributed by atoms with E-state index in [4.69, 9.17) is 0 Å². The summed E-state index contributed by atoms with van der Waals surface area (Å²) in [7, 11) is 0. The smallest absolute Gasteiger partial charge is 0.331 e. The molecular weight excluding hydrogens is 180 g/mol. The SMILES string of the molecule is CCCC1CCCCC12C(=O)OC2=O. The van der Waals surface area contributed by atoms with Gasteiger partial charge in [-0.25, -0.2) is 0 Å². The van der Waals surface area contributed by atoms with Crippen molar-refractivity contribution in [3.63, 3.8) is 0 Å². The molecule has 1 saturated carbocycles. The van der Waals surface area contributed by atoms with Crippen molar-refractivity contribution in [3.8, 4) is 0 Å². The van der Waals surface area contributed by atoms with Crippen molar-refractivity contribution in [3.05, 3.63) is 0 Å². The Morgan fingerprint density at radius 3 is 2.64 bits per heavy atom. The standard InChI is InChI=1S/C11H16O3/c1-2-5-8-6-3-4-7-11(8)9(12)14-10(11)13/h8H,2-7H2,1H3. The number of esters is 2. The van der Waals surface area contributed by atoms with Crippen LogP contribution in [0.3, 0.4) is 0 Å². The number of rotatable bonds is 2. The van der Waals surface area contributed by atoms with E-state index in [1.54, 1.807) is 0 Å². The van der Waals surface area contributed by atoms with Crippen LogP contribution in [0.5, 0.6) is 0 Å². The Kier molecular flexibility index (Phi) is 2.33. The normalized spacial score (nSPS) is 29.9. The van der Waals surface area contributed by atoms with E-state index < -0.39 is 5.41 Å². The van der Waals surface area contributed by atoms with Gasteiger partial charge in [0.2, 0.25) is 0 Å². The molecule has 0 radical (unpaired) electrons. The van der Waals surface area contributed by atoms with Crippen LogP contribution in [0.2, 0.25) is 0 Å². The quantitative estimate of drug-likeness (QED) is 0.501. The largest absolute Gasteiger partial charge is 0.391 e. The molecule has 1 saturated heterocycles. The molecule has 1 spiro atoms. The number of hydrogen-bond acceptors (Lipinski definition) is 3. The summed E-state index contributed by atoms with van der Waals surface area (Å²) < 4.78 is 4.53. The summed E-state index contributed by atoms with van der Waals surface area (Å²) in [6, 6.07) is 0. The van der Waals surface area contributed by atoms with Crippen LogP contribution in [0.25, 0.3) is 0 Å². The molecule has 0 amide bonds. The first-order valence-electron chi connectivity index (χ1n) is 5.48. The molecule has 0 aromatic rings. The molecule has 0 aromatic heterocycles. The Balaban J connectivity index is 2.20. The Morgan fingerprint density at radius 2 is 2.07 bits per heavy atom. The highest BCUT2D eigenvalue weighted by Gasteiger charge is 2.62. The van der Waals surface area contributed by atoms with Crippen molar-refractivity contribution < 1.29 is 14.3 Å². The summed E-state index contributed by atoms with van der Waals surface area (Å²) >= 11 is 0. The average Bonchev–Trinajstić information content (AvgIpc) is 2.19. The van der Waals surface area contributed by atoms with E-state index >= 15 is 0 Å². The average molecular weight is 196 g/mol. The predicted molar refractivity (Wildman–Crippen MR) is 50.4 cm³/mol. The van der Waals surface area contributed by atoms with Crippen molar-refractivity contribution in [2.75, 3.05) is 0 Å². The Labute approximate surface area is 83.8 Å². The number of carbonyl (C=O) groups is 2. The van der Waals surface area contributed by atoms with Crippen LogP contribution >= 0.6 is 0 Å². The second-order valence-corrected chi connectivity index (χ2v) is 4.38. The van der Waals surface area contributed by atoms with Gasteiger partial charge in [-0.15, -0.1) is 0 Å². The van der Waals surface area contributed by atoms with Crippen LogP contribution in [0.4, 0.5) is 0 Å². The van der Waals surface area contributed by atoms with E-state index in [9.17, 15) is 9.59 Å². The molecule has 0 N–H and O–H groups in total. The lowest BCUT2D eigenvalue weighted by molar-refractivity contribution is -0.206. The van der Waals surface area contributed by atoms with E-state index in [-0.39, 0.29) is 17.9 Å². The zero-order valence-corrected chi connectivity index (χ0v) is 8.54. The lowest BCUT2D eigenvalue weighted by Gasteiger charge is -2.45. The van der Waals surface area contributed by atoms with Gasteiger partial charge < -0.3 is 4.74 Å². The van der Waals surface area contributed by atoms with Crippen LogP contribution in [0, 0.1) is 11.3 Å². The maximum atomic E-state index is 11.5. The first-order chi connectivity index (χ1) is 6.71. The Hall–Kier alpha value is -0.860. The van der Waals surface area contributed by atoms with Crippen molar-refractivity contribution >= 4 is 11.9 Å². The van der Waals surface area contributed by atoms with Gasteiger partial charge in [0, 0.05) is 0 Å². The first kappa shape index (κ1) is 9.69. The Morgan fingerprint density at radius 1 is 1.36 bits per heavy atom. The van der Waals surface area contributed by atoms with Gasteiger partial charge in [-0.2, -0.15) is 0 Å². The third-order valence-electron chi connectivity index (χ3n) is 3.62. The van der Waals surface area contributed by atoms with Gasteiger partial charge in [-0.05, 0) is 25.2 Å². The second-order valence-electron chi connectivity index (χ2n) is 4.38. The zero-order valence-electron chi connectivity index (χ0n) is 8.54. The molecule has 3 nitrogen and oxygen atoms in total. The van der Waals surface area contributed by atoms with Gasteiger partial charge >= 0.3 is 11.9 Å². The fraction of sp³-hybridized carbons (Fsp3) is 0.818. The molecule has 1 atom stereocenters. The van der Waals surface area contributed by atoms with Crippen LogP contribution < -0.4 is 0 Å². The summed E-state index contributed by atoms with van der Waals surface area (Å²) in [4.78, 5) is 22.9. The van der Waals surface area contributed by atoms with Crippen LogP contribution in [0.1, 0.15) is 45.4 Å². The third kappa shape index (κ3) is 1.11. The molecule has 0 bridgehead atoms. The van der Waals surface area contributed by atoms with Crippen LogP contribution in [0.15, 0.2) is 0 Å². The highest BCUT2D eigenvalue weighted by atomic mass is 16.6. The summed E-state index contributed by atoms with van der Waals surface area (Å²) in [5, 5.41) is 0. The molecule has 78 valence electrons. The summed E-state index contributed by atoms with van der Waals surface area (Å²) in [6.45, 7) is 2.09. The van der Waals surface area contributed by atoms with Gasteiger partial charge in [0.05, 0.1) is 0 Å². The lowest BCUT2D eigenvalue weighted by Crippen LogP contribution is -2.58. The maximum absolute atomic E-state index is 11.5. The van der Waals surface area contributed by atoms with Crippen molar-refractivity contribution in [2.24, 2.45) is 11.3 Å². The number of ether oxygens (including phenoxy) is 1. The minimum Gasteiger partial charge on any atom is -0.391 e. The molecule has 1 aliphatic carbocycles. The van der Waals surface area contributed by atoms with Crippen molar-refractivity contribution in [2.45, 2.75) is 45.4 Å². The van der Waals surface area contributed by atoms with E-state index in [1.807, 2.05) is 0 Å². The van der Waals surface area contributed by atoms with Crippen molar-refractivity contribution in [1.29, 1.82) is 0 Å². The molecule has 1 unspecified atom stereocenters. The summed E-state index contributed by atoms with van der Waals surface area (Å²) in [5.74, 6) is -0.281. The molecule has 2 fully saturated rings. The van der Waals surface area contributed by atoms with E-state index in [0.717, 1.165) is 38.5 Å². The molecule has 0 aromatic carbocycles. The monoisotopic (exact) mass is 196 g/mol. The number of carbonyl (C=O) groups excluding carboxylic acids is 2. The number of cyclic esters (lactones) is 2. The molecule has 2 aliphatic rings. The molecule has 1 heterocycles. The molecule has 2 rings (SSSR count). The van der Waals surface area contributed by atoms with E-state index in [1.165, 1.54) is 0 Å². The van der Waals surface area contributed by atoms with Crippen molar-refractivity contribution in [1.82, 2.24) is 0 Å². The minimum atomic E-state index is -0.714. The van der Waals surface area contributed by atoms with Gasteiger partial charge in [-0.3, -0.25) is 9.59 Å². The second kappa shape index (κ2) is 3.37. The van der Waals surface area contributed by atoms with Crippen LogP contribution in [-0.4, -0.2) is 11.9 Å². The van der Waals surface area contributed by atoms with Gasteiger partial charge in [-0.1, -0.05) is 26.2 Å². The fourth-order valence-corrected chi connectivity index (χ4v) is 2.83. The van der Waals surface area contributed by atoms with Gasteiger partial charge in [0.25, 0.3) is 0 Å². The summed E-state index contributed by atoms with van der Waals surface area (Å²) in [6.07, 6.45) is 5.87. The topological polar surface area (TPSA) is 43.4 Å². The van der Waals surface area contributed by atoms with Gasteiger partial charge in [0.15, 0.2) is 5.41 Å². The first-order valence-corrected chi connectivity index (χ1v) is 5.48. The molecule has 3 heteroatoms. The Bertz CT molecular complexity index is 254. The zero-order chi connectivity index (χ0) is 10.2. The highest BCUT2D eigenvalue weighted by molar-refractivity contribution is 6.14. The maximum Gasteiger partial charge on any atom is 0.331 e. The predicted octanol–water partition coefficient (Wildman–Crippen LogP) is 2.05. The highest BCUT2D eigenvalue weighted by Crippen LogP contribution is 2.50. The number of hydrogen-bond donors (Lipinski definition) is 0. The lowest BCUT2D eigenvalue weighted by atomic mass is 9.62. The fourth-order valence-electron chi connectivity index (χ4n) is 2.83. The molecule has 14 heavy (non-hydrogen) atoms. The van der Waals surface area contributed by atoms with E-state index in [0.29, 0.717) is 0 Å². The molecular formula is C11H16O3. The molecule has 1 aliphatic heterocycles. The van der Waals surface area contributed by atoms with Gasteiger partial charge in [0.1, 0.15) is 0 Å². The minimum absolute atomic E-state index is 0.245. The van der Waals surface area contributed by atoms with Crippen LogP contribution in [-0.2, 0) is 14.3 Å². The summed E-state index contributed by atoms with van der Waals surface area (Å²) in [5.41, 5.74) is -0.714.